The third-order valence-corrected chi connectivity index (χ3v) is 9.81. The Balaban J connectivity index is 1.50. The molecule has 1 aromatic heterocycles. The number of fused-ring (bicyclic) bond motifs is 6. The Morgan fingerprint density at radius 1 is 1.00 bits per heavy atom. The zero-order valence-corrected chi connectivity index (χ0v) is 23.9. The number of aryl methyl sites for hydroxylation is 1. The van der Waals surface area contributed by atoms with Crippen molar-refractivity contribution < 1.29 is 14.4 Å². The molecule has 7 heteroatoms. The summed E-state index contributed by atoms with van der Waals surface area (Å²) < 4.78 is 0. The molecule has 4 aromatic rings. The van der Waals surface area contributed by atoms with Gasteiger partial charge in [-0.15, -0.1) is 11.3 Å². The molecule has 3 aromatic carbocycles. The molecule has 1 fully saturated rings. The van der Waals surface area contributed by atoms with Crippen LogP contribution >= 0.6 is 22.9 Å². The quantitative estimate of drug-likeness (QED) is 0.246. The summed E-state index contributed by atoms with van der Waals surface area (Å²) in [6, 6.07) is 22.9. The van der Waals surface area contributed by atoms with Crippen LogP contribution < -0.4 is 10.2 Å². The molecule has 1 N–H and O–H groups in total. The van der Waals surface area contributed by atoms with E-state index < -0.39 is 23.4 Å². The van der Waals surface area contributed by atoms with E-state index in [0.29, 0.717) is 21.2 Å². The van der Waals surface area contributed by atoms with Crippen LogP contribution in [-0.4, -0.2) is 29.6 Å². The van der Waals surface area contributed by atoms with Crippen LogP contribution in [0.1, 0.15) is 50.1 Å². The number of nitrogens with one attached hydrogen (secondary N) is 1. The molecule has 0 bridgehead atoms. The van der Waals surface area contributed by atoms with E-state index in [1.807, 2.05) is 89.2 Å². The number of anilines is 2. The van der Waals surface area contributed by atoms with Crippen molar-refractivity contribution in [3.63, 3.8) is 0 Å². The molecule has 3 aliphatic heterocycles. The minimum Gasteiger partial charge on any atom is -0.352 e. The number of para-hydroxylation sites is 1. The van der Waals surface area contributed by atoms with Gasteiger partial charge >= 0.3 is 0 Å². The molecule has 0 saturated carbocycles. The van der Waals surface area contributed by atoms with Gasteiger partial charge in [0.25, 0.3) is 0 Å². The van der Waals surface area contributed by atoms with Crippen LogP contribution in [-0.2, 0) is 16.6 Å². The molecule has 1 saturated heterocycles. The van der Waals surface area contributed by atoms with Gasteiger partial charge in [-0.05, 0) is 58.8 Å². The van der Waals surface area contributed by atoms with Crippen LogP contribution in [0.25, 0.3) is 6.08 Å². The number of hydrogen-bond acceptors (Lipinski definition) is 5. The molecular formula is C34H27ClN2O3S. The van der Waals surface area contributed by atoms with Crippen LogP contribution in [0.5, 0.6) is 0 Å². The molecule has 0 radical (unpaired) electrons. The largest absolute Gasteiger partial charge is 0.352 e. The fourth-order valence-corrected chi connectivity index (χ4v) is 7.90. The zero-order chi connectivity index (χ0) is 28.3. The molecule has 204 valence electrons. The van der Waals surface area contributed by atoms with Crippen molar-refractivity contribution in [2.45, 2.75) is 37.3 Å². The minimum atomic E-state index is -1.32. The summed E-state index contributed by atoms with van der Waals surface area (Å²) in [4.78, 5) is 46.3. The van der Waals surface area contributed by atoms with Gasteiger partial charge in [0.1, 0.15) is 11.5 Å². The normalized spacial score (nSPS) is 23.7. The van der Waals surface area contributed by atoms with Crippen LogP contribution in [0.4, 0.5) is 11.4 Å². The second kappa shape index (κ2) is 9.82. The lowest BCUT2D eigenvalue weighted by atomic mass is 9.64. The lowest BCUT2D eigenvalue weighted by molar-refractivity contribution is -0.121. The van der Waals surface area contributed by atoms with Crippen molar-refractivity contribution in [3.8, 4) is 0 Å². The lowest BCUT2D eigenvalue weighted by Gasteiger charge is -2.37. The topological polar surface area (TPSA) is 66.5 Å². The van der Waals surface area contributed by atoms with Crippen molar-refractivity contribution in [2.75, 3.05) is 10.2 Å². The van der Waals surface area contributed by atoms with E-state index in [4.69, 9.17) is 11.6 Å². The summed E-state index contributed by atoms with van der Waals surface area (Å²) in [6.07, 6.45) is 5.83. The summed E-state index contributed by atoms with van der Waals surface area (Å²) in [6.45, 7) is 2.12. The number of carbonyl (C=O) groups is 3. The van der Waals surface area contributed by atoms with E-state index in [1.54, 1.807) is 12.1 Å². The maximum Gasteiger partial charge on any atom is 0.238 e. The number of benzene rings is 3. The van der Waals surface area contributed by atoms with Crippen LogP contribution in [0.3, 0.4) is 0 Å². The van der Waals surface area contributed by atoms with Gasteiger partial charge in [0.2, 0.25) is 5.91 Å². The number of hydrogen-bond donors (Lipinski definition) is 1. The molecule has 0 unspecified atom stereocenters. The van der Waals surface area contributed by atoms with E-state index in [1.165, 1.54) is 11.3 Å². The maximum atomic E-state index is 14.8. The molecule has 1 amide bonds. The standard InChI is InChI=1S/C34H27ClN2O3S/c1-2-6-20-10-12-21(13-11-20)31(38)29-30(32(39)27-9-5-18-41-27)37-26-16-15-23(35)19-22(26)14-17-28(37)34(29)24-7-3-4-8-25(24)36-33(34)40/h3-5,7-19,28-30H,2,6H2,1H3,(H,36,40)/t28-,29-,30-,34+/m1/s1. The third kappa shape index (κ3) is 3.77. The van der Waals surface area contributed by atoms with Crippen molar-refractivity contribution in [1.82, 2.24) is 0 Å². The van der Waals surface area contributed by atoms with Gasteiger partial charge in [-0.2, -0.15) is 0 Å². The van der Waals surface area contributed by atoms with Crippen molar-refractivity contribution >= 4 is 57.9 Å². The summed E-state index contributed by atoms with van der Waals surface area (Å²) in [7, 11) is 0. The van der Waals surface area contributed by atoms with Crippen molar-refractivity contribution in [3.05, 3.63) is 122 Å². The number of carbonyl (C=O) groups excluding carboxylic acids is 3. The monoisotopic (exact) mass is 578 g/mol. The first-order valence-corrected chi connectivity index (χ1v) is 15.1. The molecule has 5 nitrogen and oxygen atoms in total. The number of rotatable bonds is 6. The number of ketones is 2. The summed E-state index contributed by atoms with van der Waals surface area (Å²) in [5, 5.41) is 5.51. The highest BCUT2D eigenvalue weighted by atomic mass is 35.5. The summed E-state index contributed by atoms with van der Waals surface area (Å²) in [5.41, 5.74) is 3.36. The van der Waals surface area contributed by atoms with Gasteiger partial charge in [0.15, 0.2) is 11.6 Å². The Hall–Kier alpha value is -4.00. The molecular weight excluding hydrogens is 552 g/mol. The van der Waals surface area contributed by atoms with E-state index in [2.05, 4.69) is 12.2 Å². The van der Waals surface area contributed by atoms with Gasteiger partial charge in [-0.3, -0.25) is 14.4 Å². The Labute approximate surface area is 247 Å². The molecule has 0 aliphatic carbocycles. The average molecular weight is 579 g/mol. The first kappa shape index (κ1) is 25.9. The van der Waals surface area contributed by atoms with E-state index in [0.717, 1.165) is 35.2 Å². The maximum absolute atomic E-state index is 14.8. The van der Waals surface area contributed by atoms with Gasteiger partial charge in [0.05, 0.1) is 16.8 Å². The first-order chi connectivity index (χ1) is 19.9. The van der Waals surface area contributed by atoms with E-state index in [9.17, 15) is 14.4 Å². The average Bonchev–Trinajstić information content (AvgIpc) is 3.70. The summed E-state index contributed by atoms with van der Waals surface area (Å²) in [5.74, 6) is -1.63. The first-order valence-electron chi connectivity index (χ1n) is 13.8. The number of Topliss-reactive ketones (excluding diaryl/α,β-unsaturated/α-hetero) is 2. The third-order valence-electron chi connectivity index (χ3n) is 8.69. The SMILES string of the molecule is CCCc1ccc(C(=O)[C@H]2[C@H](C(=O)c3cccs3)N3c4ccc(Cl)cc4C=C[C@@H]3[C@]23C(=O)Nc2ccccc23)cc1. The van der Waals surface area contributed by atoms with Crippen LogP contribution in [0.15, 0.2) is 90.3 Å². The van der Waals surface area contributed by atoms with E-state index in [-0.39, 0.29) is 17.5 Å². The van der Waals surface area contributed by atoms with E-state index >= 15 is 0 Å². The predicted octanol–water partition coefficient (Wildman–Crippen LogP) is 7.21. The second-order valence-corrected chi connectivity index (χ2v) is 12.2. The van der Waals surface area contributed by atoms with Gasteiger partial charge in [-0.1, -0.05) is 85.6 Å². The van der Waals surface area contributed by atoms with Gasteiger partial charge in [-0.25, -0.2) is 0 Å². The number of halogens is 1. The molecule has 1 spiro atoms. The Morgan fingerprint density at radius 2 is 1.80 bits per heavy atom. The molecule has 4 atom stereocenters. The number of amides is 1. The highest BCUT2D eigenvalue weighted by Gasteiger charge is 2.70. The van der Waals surface area contributed by atoms with Crippen molar-refractivity contribution in [1.29, 1.82) is 0 Å². The van der Waals surface area contributed by atoms with Gasteiger partial charge in [0, 0.05) is 22.0 Å². The molecule has 4 heterocycles. The van der Waals surface area contributed by atoms with Crippen molar-refractivity contribution in [2.24, 2.45) is 5.92 Å². The highest BCUT2D eigenvalue weighted by Crippen LogP contribution is 2.58. The second-order valence-electron chi connectivity index (χ2n) is 10.9. The molecule has 41 heavy (non-hydrogen) atoms. The number of nitrogens with zero attached hydrogens (tertiary/aromatic N) is 1. The Kier molecular flexibility index (Phi) is 6.21. The zero-order valence-electron chi connectivity index (χ0n) is 22.3. The molecule has 7 rings (SSSR count). The minimum absolute atomic E-state index is 0.170. The smallest absolute Gasteiger partial charge is 0.238 e. The Bertz CT molecular complexity index is 1730. The number of thiophene rings is 1. The Morgan fingerprint density at radius 3 is 2.56 bits per heavy atom. The summed E-state index contributed by atoms with van der Waals surface area (Å²) >= 11 is 7.72. The molecule has 3 aliphatic rings. The lowest BCUT2D eigenvalue weighted by Crippen LogP contribution is -2.51. The van der Waals surface area contributed by atoms with Crippen LogP contribution in [0.2, 0.25) is 5.02 Å². The fourth-order valence-electron chi connectivity index (χ4n) is 7.02. The fraction of sp³-hybridized carbons (Fsp3) is 0.206. The highest BCUT2D eigenvalue weighted by molar-refractivity contribution is 7.12. The van der Waals surface area contributed by atoms with Gasteiger partial charge < -0.3 is 10.2 Å². The predicted molar refractivity (Wildman–Crippen MR) is 164 cm³/mol. The van der Waals surface area contributed by atoms with Crippen LogP contribution in [0, 0.1) is 5.92 Å².